The van der Waals surface area contributed by atoms with Gasteiger partial charge in [-0.1, -0.05) is 25.9 Å². The van der Waals surface area contributed by atoms with Gasteiger partial charge in [0.25, 0.3) is 5.91 Å². The lowest BCUT2D eigenvalue weighted by Gasteiger charge is -2.16. The minimum atomic E-state index is -0.200. The van der Waals surface area contributed by atoms with Crippen molar-refractivity contribution in [3.63, 3.8) is 0 Å². The van der Waals surface area contributed by atoms with Crippen LogP contribution in [-0.4, -0.2) is 43.1 Å². The van der Waals surface area contributed by atoms with Crippen LogP contribution in [-0.2, 0) is 5.41 Å². The first-order chi connectivity index (χ1) is 8.73. The zero-order valence-corrected chi connectivity index (χ0v) is 12.8. The predicted molar refractivity (Wildman–Crippen MR) is 75.4 cm³/mol. The monoisotopic (exact) mass is 267 g/mol. The summed E-state index contributed by atoms with van der Waals surface area (Å²) in [7, 11) is 4.04. The molecule has 1 aromatic rings. The van der Waals surface area contributed by atoms with Gasteiger partial charge in [0.15, 0.2) is 0 Å². The van der Waals surface area contributed by atoms with E-state index in [2.05, 4.69) is 15.4 Å². The molecular weight excluding hydrogens is 242 g/mol. The third kappa shape index (κ3) is 4.35. The van der Waals surface area contributed by atoms with Crippen molar-refractivity contribution in [1.29, 1.82) is 0 Å². The molecule has 0 saturated carbocycles. The van der Waals surface area contributed by atoms with E-state index in [1.54, 1.807) is 6.92 Å². The highest BCUT2D eigenvalue weighted by Gasteiger charge is 2.28. The van der Waals surface area contributed by atoms with Crippen LogP contribution in [0.25, 0.3) is 0 Å². The van der Waals surface area contributed by atoms with E-state index in [-0.39, 0.29) is 11.3 Å². The van der Waals surface area contributed by atoms with E-state index in [1.165, 1.54) is 0 Å². The van der Waals surface area contributed by atoms with Gasteiger partial charge >= 0.3 is 0 Å². The summed E-state index contributed by atoms with van der Waals surface area (Å²) in [6, 6.07) is 0. The molecule has 0 spiro atoms. The first kappa shape index (κ1) is 15.7. The largest absolute Gasteiger partial charge is 0.361 e. The molecule has 0 unspecified atom stereocenters. The highest BCUT2D eigenvalue weighted by atomic mass is 16.5. The van der Waals surface area contributed by atoms with Gasteiger partial charge in [0.1, 0.15) is 17.0 Å². The van der Waals surface area contributed by atoms with E-state index >= 15 is 0 Å². The minimum Gasteiger partial charge on any atom is -0.361 e. The molecule has 1 rings (SSSR count). The summed E-state index contributed by atoms with van der Waals surface area (Å²) in [5, 5.41) is 6.95. The summed E-state index contributed by atoms with van der Waals surface area (Å²) in [5.41, 5.74) is 1.10. The Labute approximate surface area is 115 Å². The summed E-state index contributed by atoms with van der Waals surface area (Å²) < 4.78 is 5.17. The van der Waals surface area contributed by atoms with E-state index in [4.69, 9.17) is 4.52 Å². The number of carbonyl (C=O) groups is 1. The molecule has 0 atom stereocenters. The second kappa shape index (κ2) is 6.19. The summed E-state index contributed by atoms with van der Waals surface area (Å²) in [5.74, 6) is 0.484. The van der Waals surface area contributed by atoms with Crippen LogP contribution in [0.3, 0.4) is 0 Å². The fourth-order valence-electron chi connectivity index (χ4n) is 1.84. The molecule has 1 heterocycles. The van der Waals surface area contributed by atoms with Crippen LogP contribution in [0.1, 0.15) is 49.0 Å². The van der Waals surface area contributed by atoms with Crippen molar-refractivity contribution in [2.24, 2.45) is 0 Å². The second-order valence-corrected chi connectivity index (χ2v) is 6.13. The fourth-order valence-corrected chi connectivity index (χ4v) is 1.84. The summed E-state index contributed by atoms with van der Waals surface area (Å²) in [6.07, 6.45) is 0.925. The van der Waals surface area contributed by atoms with Gasteiger partial charge in [-0.25, -0.2) is 0 Å². The number of rotatable bonds is 5. The lowest BCUT2D eigenvalue weighted by atomic mass is 9.88. The van der Waals surface area contributed by atoms with Crippen molar-refractivity contribution in [2.45, 2.75) is 39.5 Å². The maximum Gasteiger partial charge on any atom is 0.256 e. The molecule has 108 valence electrons. The van der Waals surface area contributed by atoms with Crippen LogP contribution in [0.15, 0.2) is 4.52 Å². The first-order valence-corrected chi connectivity index (χ1v) is 6.63. The van der Waals surface area contributed by atoms with Gasteiger partial charge in [-0.3, -0.25) is 4.79 Å². The minimum absolute atomic E-state index is 0.0950. The molecule has 0 aliphatic rings. The Balaban J connectivity index is 2.69. The van der Waals surface area contributed by atoms with Crippen LogP contribution in [0.2, 0.25) is 0 Å². The normalized spacial score (nSPS) is 11.9. The lowest BCUT2D eigenvalue weighted by Crippen LogP contribution is -2.29. The number of hydrogen-bond acceptors (Lipinski definition) is 4. The predicted octanol–water partition coefficient (Wildman–Crippen LogP) is 1.96. The van der Waals surface area contributed by atoms with Crippen LogP contribution in [0.5, 0.6) is 0 Å². The maximum atomic E-state index is 12.2. The van der Waals surface area contributed by atoms with Crippen LogP contribution in [0, 0.1) is 6.92 Å². The van der Waals surface area contributed by atoms with E-state index in [1.807, 2.05) is 34.9 Å². The second-order valence-electron chi connectivity index (χ2n) is 6.13. The van der Waals surface area contributed by atoms with Gasteiger partial charge in [-0.15, -0.1) is 0 Å². The van der Waals surface area contributed by atoms with Gasteiger partial charge in [-0.05, 0) is 34.0 Å². The van der Waals surface area contributed by atoms with Gasteiger partial charge in [-0.2, -0.15) is 0 Å². The Morgan fingerprint density at radius 3 is 2.53 bits per heavy atom. The topological polar surface area (TPSA) is 58.4 Å². The average Bonchev–Trinajstić information content (AvgIpc) is 2.65. The van der Waals surface area contributed by atoms with Gasteiger partial charge in [0, 0.05) is 12.0 Å². The molecule has 5 heteroatoms. The molecule has 1 amide bonds. The molecule has 1 N–H and O–H groups in total. The molecule has 19 heavy (non-hydrogen) atoms. The van der Waals surface area contributed by atoms with Crippen LogP contribution >= 0.6 is 0 Å². The summed E-state index contributed by atoms with van der Waals surface area (Å²) >= 11 is 0. The highest BCUT2D eigenvalue weighted by Crippen LogP contribution is 2.26. The third-order valence-corrected chi connectivity index (χ3v) is 2.87. The molecule has 0 bridgehead atoms. The molecule has 0 saturated heterocycles. The van der Waals surface area contributed by atoms with E-state index in [0.717, 1.165) is 18.7 Å². The molecule has 0 fully saturated rings. The molecular formula is C14H25N3O2. The Hall–Kier alpha value is -1.36. The lowest BCUT2D eigenvalue weighted by molar-refractivity contribution is 0.0949. The first-order valence-electron chi connectivity index (χ1n) is 6.63. The molecule has 0 aliphatic heterocycles. The van der Waals surface area contributed by atoms with Crippen molar-refractivity contribution in [3.05, 3.63) is 17.0 Å². The number of aryl methyl sites for hydroxylation is 1. The fraction of sp³-hybridized carbons (Fsp3) is 0.714. The molecule has 5 nitrogen and oxygen atoms in total. The van der Waals surface area contributed by atoms with Gasteiger partial charge in [0.05, 0.1) is 0 Å². The Kier molecular flexibility index (Phi) is 5.11. The standard InChI is InChI=1S/C14H25N3O2/c1-10-11(12(16-19-10)14(2,3)4)13(18)15-8-7-9-17(5)6/h7-9H2,1-6H3,(H,15,18). The van der Waals surface area contributed by atoms with Crippen molar-refractivity contribution < 1.29 is 9.32 Å². The highest BCUT2D eigenvalue weighted by molar-refractivity contribution is 5.96. The van der Waals surface area contributed by atoms with Gasteiger partial charge in [0.2, 0.25) is 0 Å². The smallest absolute Gasteiger partial charge is 0.256 e. The summed E-state index contributed by atoms with van der Waals surface area (Å²) in [6.45, 7) is 9.45. The average molecular weight is 267 g/mol. The van der Waals surface area contributed by atoms with Crippen molar-refractivity contribution in [1.82, 2.24) is 15.4 Å². The maximum absolute atomic E-state index is 12.2. The van der Waals surface area contributed by atoms with Crippen molar-refractivity contribution in [3.8, 4) is 0 Å². The van der Waals surface area contributed by atoms with E-state index < -0.39 is 0 Å². The molecule has 0 aliphatic carbocycles. The number of nitrogens with zero attached hydrogens (tertiary/aromatic N) is 2. The number of aromatic nitrogens is 1. The number of carbonyl (C=O) groups excluding carboxylic acids is 1. The quantitative estimate of drug-likeness (QED) is 0.829. The Bertz CT molecular complexity index is 430. The van der Waals surface area contributed by atoms with Crippen molar-refractivity contribution >= 4 is 5.91 Å². The zero-order chi connectivity index (χ0) is 14.6. The zero-order valence-electron chi connectivity index (χ0n) is 12.8. The third-order valence-electron chi connectivity index (χ3n) is 2.87. The Morgan fingerprint density at radius 2 is 2.00 bits per heavy atom. The van der Waals surface area contributed by atoms with Crippen molar-refractivity contribution in [2.75, 3.05) is 27.2 Å². The van der Waals surface area contributed by atoms with E-state index in [9.17, 15) is 4.79 Å². The molecule has 1 aromatic heterocycles. The van der Waals surface area contributed by atoms with Gasteiger partial charge < -0.3 is 14.7 Å². The summed E-state index contributed by atoms with van der Waals surface area (Å²) in [4.78, 5) is 14.3. The van der Waals surface area contributed by atoms with Crippen LogP contribution in [0.4, 0.5) is 0 Å². The SMILES string of the molecule is Cc1onc(C(C)(C)C)c1C(=O)NCCCN(C)C. The number of nitrogens with one attached hydrogen (secondary N) is 1. The van der Waals surface area contributed by atoms with E-state index in [0.29, 0.717) is 17.9 Å². The number of hydrogen-bond donors (Lipinski definition) is 1. The Morgan fingerprint density at radius 1 is 1.37 bits per heavy atom. The molecule has 0 aromatic carbocycles. The number of amides is 1. The molecule has 0 radical (unpaired) electrons. The van der Waals surface area contributed by atoms with Crippen LogP contribution < -0.4 is 5.32 Å².